The van der Waals surface area contributed by atoms with E-state index in [-0.39, 0.29) is 0 Å². The van der Waals surface area contributed by atoms with Crippen LogP contribution in [0.3, 0.4) is 0 Å². The third-order valence-corrected chi connectivity index (χ3v) is 3.47. The highest BCUT2D eigenvalue weighted by Crippen LogP contribution is 2.19. The number of aromatic nitrogens is 1. The molecule has 0 spiro atoms. The van der Waals surface area contributed by atoms with Crippen LogP contribution in [0.15, 0.2) is 18.5 Å². The van der Waals surface area contributed by atoms with E-state index in [4.69, 9.17) is 0 Å². The average molecular weight is 249 g/mol. The van der Waals surface area contributed by atoms with Gasteiger partial charge >= 0.3 is 0 Å². The van der Waals surface area contributed by atoms with Crippen molar-refractivity contribution in [3.8, 4) is 0 Å². The summed E-state index contributed by atoms with van der Waals surface area (Å²) in [6.45, 7) is 9.92. The summed E-state index contributed by atoms with van der Waals surface area (Å²) in [4.78, 5) is 4.28. The van der Waals surface area contributed by atoms with Crippen molar-refractivity contribution < 1.29 is 0 Å². The highest BCUT2D eigenvalue weighted by Gasteiger charge is 2.13. The lowest BCUT2D eigenvalue weighted by molar-refractivity contribution is 0.438. The van der Waals surface area contributed by atoms with Crippen LogP contribution in [0.4, 0.5) is 11.4 Å². The Hall–Kier alpha value is -1.25. The summed E-state index contributed by atoms with van der Waals surface area (Å²) in [5, 5.41) is 6.92. The Bertz CT molecular complexity index is 334. The maximum atomic E-state index is 4.28. The van der Waals surface area contributed by atoms with Crippen LogP contribution in [-0.4, -0.2) is 17.6 Å². The summed E-state index contributed by atoms with van der Waals surface area (Å²) in [5.74, 6) is 0.720. The first-order valence-corrected chi connectivity index (χ1v) is 7.16. The number of anilines is 2. The Labute approximate surface area is 111 Å². The molecule has 0 bridgehead atoms. The van der Waals surface area contributed by atoms with Gasteiger partial charge in [0.25, 0.3) is 0 Å². The lowest BCUT2D eigenvalue weighted by Crippen LogP contribution is -2.25. The van der Waals surface area contributed by atoms with E-state index >= 15 is 0 Å². The van der Waals surface area contributed by atoms with Gasteiger partial charge in [-0.1, -0.05) is 33.6 Å². The normalized spacial score (nSPS) is 12.5. The van der Waals surface area contributed by atoms with Crippen molar-refractivity contribution in [1.82, 2.24) is 4.98 Å². The number of hydrogen-bond acceptors (Lipinski definition) is 3. The summed E-state index contributed by atoms with van der Waals surface area (Å²) in [7, 11) is 0. The Morgan fingerprint density at radius 3 is 2.39 bits per heavy atom. The SMILES string of the molecule is CCCNc1cncc(NC(C)C(CC)CC)c1. The molecule has 1 aromatic rings. The maximum absolute atomic E-state index is 4.28. The predicted octanol–water partition coefficient (Wildman–Crippen LogP) is 4.14. The Kier molecular flexibility index (Phi) is 6.55. The first-order chi connectivity index (χ1) is 8.71. The average Bonchev–Trinajstić information content (AvgIpc) is 2.38. The minimum atomic E-state index is 0.489. The molecule has 0 aromatic carbocycles. The minimum absolute atomic E-state index is 0.489. The molecule has 1 aromatic heterocycles. The molecule has 0 fully saturated rings. The molecule has 0 saturated carbocycles. The Balaban J connectivity index is 2.60. The summed E-state index contributed by atoms with van der Waals surface area (Å²) in [5.41, 5.74) is 2.20. The van der Waals surface area contributed by atoms with E-state index in [1.807, 2.05) is 12.4 Å². The van der Waals surface area contributed by atoms with E-state index in [0.29, 0.717) is 6.04 Å². The lowest BCUT2D eigenvalue weighted by atomic mass is 9.95. The summed E-state index contributed by atoms with van der Waals surface area (Å²) < 4.78 is 0. The van der Waals surface area contributed by atoms with Crippen molar-refractivity contribution in [2.24, 2.45) is 5.92 Å². The third-order valence-electron chi connectivity index (χ3n) is 3.47. The molecule has 2 N–H and O–H groups in total. The van der Waals surface area contributed by atoms with Gasteiger partial charge in [0.05, 0.1) is 23.8 Å². The molecule has 0 amide bonds. The Morgan fingerprint density at radius 2 is 1.78 bits per heavy atom. The summed E-state index contributed by atoms with van der Waals surface area (Å²) in [6, 6.07) is 2.63. The van der Waals surface area contributed by atoms with E-state index < -0.39 is 0 Å². The molecule has 18 heavy (non-hydrogen) atoms. The number of rotatable bonds is 8. The molecule has 3 nitrogen and oxygen atoms in total. The smallest absolute Gasteiger partial charge is 0.0549 e. The first-order valence-electron chi connectivity index (χ1n) is 7.16. The highest BCUT2D eigenvalue weighted by atomic mass is 14.9. The zero-order valence-electron chi connectivity index (χ0n) is 12.2. The molecule has 1 unspecified atom stereocenters. The fraction of sp³-hybridized carbons (Fsp3) is 0.667. The van der Waals surface area contributed by atoms with Gasteiger partial charge in [0, 0.05) is 12.6 Å². The lowest BCUT2D eigenvalue weighted by Gasteiger charge is -2.23. The van der Waals surface area contributed by atoms with Crippen molar-refractivity contribution in [2.75, 3.05) is 17.2 Å². The number of hydrogen-bond donors (Lipinski definition) is 2. The topological polar surface area (TPSA) is 37.0 Å². The van der Waals surface area contributed by atoms with Gasteiger partial charge in [0.15, 0.2) is 0 Å². The van der Waals surface area contributed by atoms with Gasteiger partial charge in [0.2, 0.25) is 0 Å². The van der Waals surface area contributed by atoms with Crippen LogP contribution in [-0.2, 0) is 0 Å². The second-order valence-electron chi connectivity index (χ2n) is 4.90. The minimum Gasteiger partial charge on any atom is -0.384 e. The van der Waals surface area contributed by atoms with Gasteiger partial charge in [0.1, 0.15) is 0 Å². The zero-order chi connectivity index (χ0) is 13.4. The monoisotopic (exact) mass is 249 g/mol. The first kappa shape index (κ1) is 14.8. The number of nitrogens with one attached hydrogen (secondary N) is 2. The molecule has 3 heteroatoms. The van der Waals surface area contributed by atoms with Crippen LogP contribution >= 0.6 is 0 Å². The van der Waals surface area contributed by atoms with E-state index in [1.54, 1.807) is 0 Å². The van der Waals surface area contributed by atoms with Gasteiger partial charge in [-0.05, 0) is 25.3 Å². The van der Waals surface area contributed by atoms with Gasteiger partial charge in [-0.15, -0.1) is 0 Å². The zero-order valence-corrected chi connectivity index (χ0v) is 12.2. The molecule has 0 aliphatic heterocycles. The second kappa shape index (κ2) is 7.96. The molecular weight excluding hydrogens is 222 g/mol. The van der Waals surface area contributed by atoms with Crippen LogP contribution in [0.5, 0.6) is 0 Å². The highest BCUT2D eigenvalue weighted by molar-refractivity contribution is 5.54. The molecule has 1 heterocycles. The van der Waals surface area contributed by atoms with Crippen molar-refractivity contribution in [3.63, 3.8) is 0 Å². The standard InChI is InChI=1S/C15H27N3/c1-5-8-17-14-9-15(11-16-10-14)18-12(4)13(6-2)7-3/h9-13,17-18H,5-8H2,1-4H3. The molecule has 0 saturated heterocycles. The molecular formula is C15H27N3. The number of pyridine rings is 1. The van der Waals surface area contributed by atoms with Gasteiger partial charge in [-0.3, -0.25) is 4.98 Å². The van der Waals surface area contributed by atoms with Gasteiger partial charge in [-0.25, -0.2) is 0 Å². The second-order valence-corrected chi connectivity index (χ2v) is 4.90. The van der Waals surface area contributed by atoms with Crippen molar-refractivity contribution in [1.29, 1.82) is 0 Å². The van der Waals surface area contributed by atoms with E-state index in [0.717, 1.165) is 30.3 Å². The number of nitrogens with zero attached hydrogens (tertiary/aromatic N) is 1. The molecule has 102 valence electrons. The fourth-order valence-electron chi connectivity index (χ4n) is 2.26. The van der Waals surface area contributed by atoms with Crippen LogP contribution in [0, 0.1) is 5.92 Å². The molecule has 1 atom stereocenters. The molecule has 0 aliphatic carbocycles. The van der Waals surface area contributed by atoms with E-state index in [1.165, 1.54) is 12.8 Å². The van der Waals surface area contributed by atoms with Crippen LogP contribution < -0.4 is 10.6 Å². The van der Waals surface area contributed by atoms with Crippen LogP contribution in [0.25, 0.3) is 0 Å². The molecule has 1 rings (SSSR count). The quantitative estimate of drug-likeness (QED) is 0.727. The maximum Gasteiger partial charge on any atom is 0.0549 e. The van der Waals surface area contributed by atoms with Crippen molar-refractivity contribution in [3.05, 3.63) is 18.5 Å². The fourth-order valence-corrected chi connectivity index (χ4v) is 2.26. The molecule has 0 radical (unpaired) electrons. The third kappa shape index (κ3) is 4.55. The predicted molar refractivity (Wildman–Crippen MR) is 80.2 cm³/mol. The van der Waals surface area contributed by atoms with Crippen molar-refractivity contribution >= 4 is 11.4 Å². The van der Waals surface area contributed by atoms with Crippen LogP contribution in [0.2, 0.25) is 0 Å². The van der Waals surface area contributed by atoms with E-state index in [2.05, 4.69) is 49.4 Å². The summed E-state index contributed by atoms with van der Waals surface area (Å²) in [6.07, 6.45) is 7.33. The molecule has 0 aliphatic rings. The van der Waals surface area contributed by atoms with Crippen LogP contribution in [0.1, 0.15) is 47.0 Å². The van der Waals surface area contributed by atoms with Crippen molar-refractivity contribution in [2.45, 2.75) is 53.0 Å². The summed E-state index contributed by atoms with van der Waals surface area (Å²) >= 11 is 0. The van der Waals surface area contributed by atoms with Gasteiger partial charge < -0.3 is 10.6 Å². The van der Waals surface area contributed by atoms with E-state index in [9.17, 15) is 0 Å². The largest absolute Gasteiger partial charge is 0.384 e. The van der Waals surface area contributed by atoms with Gasteiger partial charge in [-0.2, -0.15) is 0 Å². The Morgan fingerprint density at radius 1 is 1.11 bits per heavy atom.